The summed E-state index contributed by atoms with van der Waals surface area (Å²) >= 11 is 0. The van der Waals surface area contributed by atoms with Gasteiger partial charge < -0.3 is 9.47 Å². The van der Waals surface area contributed by atoms with Crippen molar-refractivity contribution in [2.75, 3.05) is 13.7 Å². The molecule has 0 aromatic carbocycles. The van der Waals surface area contributed by atoms with Crippen molar-refractivity contribution in [1.82, 2.24) is 0 Å². The first-order chi connectivity index (χ1) is 5.28. The summed E-state index contributed by atoms with van der Waals surface area (Å²) in [7, 11) is 1.44. The summed E-state index contributed by atoms with van der Waals surface area (Å²) in [5, 5.41) is 0. The lowest BCUT2D eigenvalue weighted by molar-refractivity contribution is -0.147. The van der Waals surface area contributed by atoms with E-state index in [1.165, 1.54) is 7.11 Å². The summed E-state index contributed by atoms with van der Waals surface area (Å²) in [6, 6.07) is 0. The van der Waals surface area contributed by atoms with E-state index in [0.29, 0.717) is 0 Å². The van der Waals surface area contributed by atoms with E-state index in [1.54, 1.807) is 0 Å². The van der Waals surface area contributed by atoms with E-state index in [0.717, 1.165) is 25.9 Å². The van der Waals surface area contributed by atoms with Crippen molar-refractivity contribution in [3.05, 3.63) is 0 Å². The van der Waals surface area contributed by atoms with Crippen LogP contribution in [0.15, 0.2) is 0 Å². The summed E-state index contributed by atoms with van der Waals surface area (Å²) in [4.78, 5) is 11.2. The Balaban J connectivity index is 2.08. The zero-order valence-electron chi connectivity index (χ0n) is 6.63. The highest BCUT2D eigenvalue weighted by atomic mass is 16.6. The first kappa shape index (κ1) is 7.10. The first-order valence-corrected chi connectivity index (χ1v) is 4.00. The second kappa shape index (κ2) is 2.21. The van der Waals surface area contributed by atoms with Crippen molar-refractivity contribution >= 4 is 5.97 Å². The number of ether oxygens (including phenoxy) is 2. The maximum absolute atomic E-state index is 11.2. The van der Waals surface area contributed by atoms with Gasteiger partial charge in [-0.25, -0.2) is 0 Å². The van der Waals surface area contributed by atoms with E-state index in [2.05, 4.69) is 0 Å². The molecule has 2 unspecified atom stereocenters. The fourth-order valence-corrected chi connectivity index (χ4v) is 1.96. The van der Waals surface area contributed by atoms with Gasteiger partial charge in [-0.2, -0.15) is 0 Å². The highest BCUT2D eigenvalue weighted by molar-refractivity contribution is 5.74. The quantitative estimate of drug-likeness (QED) is 0.415. The molecule has 1 aliphatic heterocycles. The lowest BCUT2D eigenvalue weighted by Crippen LogP contribution is -2.26. The van der Waals surface area contributed by atoms with E-state index in [-0.39, 0.29) is 17.5 Å². The predicted octanol–water partition coefficient (Wildman–Crippen LogP) is 0.728. The number of carbonyl (C=O) groups excluding carboxylic acids is 1. The van der Waals surface area contributed by atoms with Crippen LogP contribution in [0.1, 0.15) is 19.3 Å². The Labute approximate surface area is 65.7 Å². The minimum absolute atomic E-state index is 0.0208. The van der Waals surface area contributed by atoms with Gasteiger partial charge in [0, 0.05) is 0 Å². The molecule has 1 aliphatic carbocycles. The maximum Gasteiger partial charge on any atom is 0.311 e. The number of hydrogen-bond donors (Lipinski definition) is 0. The average molecular weight is 156 g/mol. The third-order valence-corrected chi connectivity index (χ3v) is 2.73. The van der Waals surface area contributed by atoms with E-state index >= 15 is 0 Å². The Kier molecular flexibility index (Phi) is 1.42. The predicted molar refractivity (Wildman–Crippen MR) is 38.0 cm³/mol. The summed E-state index contributed by atoms with van der Waals surface area (Å²) in [6.07, 6.45) is 3.07. The maximum atomic E-state index is 11.2. The molecule has 2 fully saturated rings. The van der Waals surface area contributed by atoms with Crippen molar-refractivity contribution in [2.24, 2.45) is 5.92 Å². The van der Waals surface area contributed by atoms with Gasteiger partial charge in [0.05, 0.1) is 19.6 Å². The van der Waals surface area contributed by atoms with Crippen LogP contribution in [-0.4, -0.2) is 25.3 Å². The van der Waals surface area contributed by atoms with Gasteiger partial charge in [0.1, 0.15) is 5.60 Å². The molecule has 62 valence electrons. The third kappa shape index (κ3) is 0.948. The Morgan fingerprint density at radius 2 is 2.45 bits per heavy atom. The monoisotopic (exact) mass is 156 g/mol. The van der Waals surface area contributed by atoms with Crippen LogP contribution in [0.3, 0.4) is 0 Å². The normalized spacial score (nSPS) is 41.0. The van der Waals surface area contributed by atoms with Gasteiger partial charge in [-0.15, -0.1) is 0 Å². The molecule has 11 heavy (non-hydrogen) atoms. The third-order valence-electron chi connectivity index (χ3n) is 2.73. The summed E-state index contributed by atoms with van der Waals surface area (Å²) in [5.74, 6) is -0.0764. The Morgan fingerprint density at radius 1 is 1.73 bits per heavy atom. The second-order valence-corrected chi connectivity index (χ2v) is 3.32. The molecular weight excluding hydrogens is 144 g/mol. The standard InChI is InChI=1S/C8H12O3/c1-10-7(9)6-3-2-4-8(6)5-11-8/h6H,2-5H2,1H3. The van der Waals surface area contributed by atoms with Crippen molar-refractivity contribution in [3.63, 3.8) is 0 Å². The first-order valence-electron chi connectivity index (χ1n) is 4.00. The number of carbonyl (C=O) groups is 1. The topological polar surface area (TPSA) is 38.8 Å². The van der Waals surface area contributed by atoms with Crippen LogP contribution in [0.4, 0.5) is 0 Å². The lowest BCUT2D eigenvalue weighted by atomic mass is 9.97. The minimum atomic E-state index is -0.0972. The molecule has 3 nitrogen and oxygen atoms in total. The molecule has 2 rings (SSSR count). The van der Waals surface area contributed by atoms with Gasteiger partial charge in [0.2, 0.25) is 0 Å². The summed E-state index contributed by atoms with van der Waals surface area (Å²) < 4.78 is 9.98. The van der Waals surface area contributed by atoms with Crippen molar-refractivity contribution < 1.29 is 14.3 Å². The van der Waals surface area contributed by atoms with E-state index in [1.807, 2.05) is 0 Å². The van der Waals surface area contributed by atoms with Gasteiger partial charge in [0.25, 0.3) is 0 Å². The minimum Gasteiger partial charge on any atom is -0.469 e. The Hall–Kier alpha value is -0.570. The zero-order valence-corrected chi connectivity index (χ0v) is 6.63. The van der Waals surface area contributed by atoms with Crippen LogP contribution >= 0.6 is 0 Å². The molecule has 1 spiro atoms. The molecule has 1 saturated heterocycles. The van der Waals surface area contributed by atoms with E-state index in [9.17, 15) is 4.79 Å². The fraction of sp³-hybridized carbons (Fsp3) is 0.875. The molecule has 0 aromatic rings. The molecule has 2 atom stereocenters. The van der Waals surface area contributed by atoms with Crippen molar-refractivity contribution in [2.45, 2.75) is 24.9 Å². The summed E-state index contributed by atoms with van der Waals surface area (Å²) in [5.41, 5.74) is -0.0902. The Morgan fingerprint density at radius 3 is 3.00 bits per heavy atom. The SMILES string of the molecule is COC(=O)C1CCCC12CO2. The average Bonchev–Trinajstić information content (AvgIpc) is 2.63. The van der Waals surface area contributed by atoms with Gasteiger partial charge >= 0.3 is 5.97 Å². The van der Waals surface area contributed by atoms with Crippen LogP contribution in [0.2, 0.25) is 0 Å². The van der Waals surface area contributed by atoms with Crippen LogP contribution in [0.5, 0.6) is 0 Å². The van der Waals surface area contributed by atoms with E-state index in [4.69, 9.17) is 9.47 Å². The molecule has 0 radical (unpaired) electrons. The Bertz CT molecular complexity index is 184. The molecule has 1 saturated carbocycles. The number of hydrogen-bond acceptors (Lipinski definition) is 3. The largest absolute Gasteiger partial charge is 0.469 e. The number of esters is 1. The number of epoxide rings is 1. The highest BCUT2D eigenvalue weighted by Gasteiger charge is 2.57. The van der Waals surface area contributed by atoms with Crippen LogP contribution in [0, 0.1) is 5.92 Å². The van der Waals surface area contributed by atoms with Crippen molar-refractivity contribution in [1.29, 1.82) is 0 Å². The zero-order chi connectivity index (χ0) is 7.90. The molecule has 0 aromatic heterocycles. The van der Waals surface area contributed by atoms with Crippen molar-refractivity contribution in [3.8, 4) is 0 Å². The van der Waals surface area contributed by atoms with Gasteiger partial charge in [0.15, 0.2) is 0 Å². The van der Waals surface area contributed by atoms with Crippen LogP contribution in [-0.2, 0) is 14.3 Å². The molecule has 0 bridgehead atoms. The number of rotatable bonds is 1. The van der Waals surface area contributed by atoms with Gasteiger partial charge in [-0.1, -0.05) is 0 Å². The molecule has 3 heteroatoms. The summed E-state index contributed by atoms with van der Waals surface area (Å²) in [6.45, 7) is 0.757. The smallest absolute Gasteiger partial charge is 0.311 e. The van der Waals surface area contributed by atoms with Gasteiger partial charge in [-0.05, 0) is 19.3 Å². The van der Waals surface area contributed by atoms with E-state index < -0.39 is 0 Å². The molecule has 0 amide bonds. The van der Waals surface area contributed by atoms with Crippen LogP contribution in [0.25, 0.3) is 0 Å². The van der Waals surface area contributed by atoms with Gasteiger partial charge in [-0.3, -0.25) is 4.79 Å². The molecule has 0 N–H and O–H groups in total. The highest BCUT2D eigenvalue weighted by Crippen LogP contribution is 2.48. The molecule has 2 aliphatic rings. The van der Waals surface area contributed by atoms with Crippen LogP contribution < -0.4 is 0 Å². The molecular formula is C8H12O3. The fourth-order valence-electron chi connectivity index (χ4n) is 1.96. The molecule has 1 heterocycles. The lowest BCUT2D eigenvalue weighted by Gasteiger charge is -2.11. The number of methoxy groups -OCH3 is 1. The second-order valence-electron chi connectivity index (χ2n) is 3.32.